The van der Waals surface area contributed by atoms with Crippen molar-refractivity contribution in [3.8, 4) is 0 Å². The van der Waals surface area contributed by atoms with Crippen molar-refractivity contribution in [2.75, 3.05) is 18.9 Å². The van der Waals surface area contributed by atoms with Gasteiger partial charge in [0.1, 0.15) is 10.7 Å². The van der Waals surface area contributed by atoms with Crippen LogP contribution in [0.1, 0.15) is 19.3 Å². The fourth-order valence-corrected chi connectivity index (χ4v) is 4.43. The molecule has 1 unspecified atom stereocenters. The van der Waals surface area contributed by atoms with Crippen molar-refractivity contribution in [1.82, 2.24) is 4.31 Å². The van der Waals surface area contributed by atoms with Gasteiger partial charge in [-0.15, -0.1) is 0 Å². The van der Waals surface area contributed by atoms with E-state index in [1.54, 1.807) is 0 Å². The SMILES string of the molecule is Nc1cc(S(=O)(=O)N2CCCCC2CO)c(F)cc1Br. The third kappa shape index (κ3) is 2.83. The van der Waals surface area contributed by atoms with Crippen molar-refractivity contribution in [2.45, 2.75) is 30.2 Å². The van der Waals surface area contributed by atoms with Gasteiger partial charge in [0.05, 0.1) is 6.61 Å². The van der Waals surface area contributed by atoms with Crippen molar-refractivity contribution < 1.29 is 17.9 Å². The molecule has 0 saturated carbocycles. The number of halogens is 2. The van der Waals surface area contributed by atoms with Gasteiger partial charge >= 0.3 is 0 Å². The van der Waals surface area contributed by atoms with Crippen LogP contribution in [-0.4, -0.2) is 37.0 Å². The summed E-state index contributed by atoms with van der Waals surface area (Å²) in [6.07, 6.45) is 2.12. The van der Waals surface area contributed by atoms with Gasteiger partial charge < -0.3 is 10.8 Å². The van der Waals surface area contributed by atoms with Gasteiger partial charge in [0.25, 0.3) is 0 Å². The van der Waals surface area contributed by atoms with Gasteiger partial charge in [-0.05, 0) is 40.9 Å². The normalized spacial score (nSPS) is 21.1. The van der Waals surface area contributed by atoms with E-state index in [0.717, 1.165) is 18.6 Å². The topological polar surface area (TPSA) is 83.6 Å². The third-order valence-corrected chi connectivity index (χ3v) is 6.08. The molecule has 0 amide bonds. The lowest BCUT2D eigenvalue weighted by atomic mass is 10.1. The smallest absolute Gasteiger partial charge is 0.246 e. The Morgan fingerprint density at radius 3 is 2.80 bits per heavy atom. The number of sulfonamides is 1. The Morgan fingerprint density at radius 1 is 1.45 bits per heavy atom. The van der Waals surface area contributed by atoms with Gasteiger partial charge in [-0.1, -0.05) is 6.42 Å². The summed E-state index contributed by atoms with van der Waals surface area (Å²) in [5.41, 5.74) is 5.79. The van der Waals surface area contributed by atoms with Crippen LogP contribution in [0.3, 0.4) is 0 Å². The van der Waals surface area contributed by atoms with Crippen LogP contribution in [0.2, 0.25) is 0 Å². The molecule has 8 heteroatoms. The van der Waals surface area contributed by atoms with Crippen molar-refractivity contribution in [3.63, 3.8) is 0 Å². The van der Waals surface area contributed by atoms with Crippen molar-refractivity contribution in [1.29, 1.82) is 0 Å². The number of nitrogen functional groups attached to an aromatic ring is 1. The van der Waals surface area contributed by atoms with Gasteiger partial charge in [-0.25, -0.2) is 12.8 Å². The van der Waals surface area contributed by atoms with E-state index in [2.05, 4.69) is 15.9 Å². The Kier molecular flexibility index (Phi) is 4.68. The largest absolute Gasteiger partial charge is 0.398 e. The van der Waals surface area contributed by atoms with E-state index in [1.807, 2.05) is 0 Å². The molecule has 1 heterocycles. The molecular weight excluding hydrogens is 351 g/mol. The molecule has 0 aliphatic carbocycles. The first-order valence-corrected chi connectivity index (χ1v) is 8.48. The maximum absolute atomic E-state index is 14.0. The zero-order valence-corrected chi connectivity index (χ0v) is 13.1. The molecule has 5 nitrogen and oxygen atoms in total. The summed E-state index contributed by atoms with van der Waals surface area (Å²) in [4.78, 5) is -0.446. The summed E-state index contributed by atoms with van der Waals surface area (Å²) in [5.74, 6) is -0.853. The monoisotopic (exact) mass is 366 g/mol. The highest BCUT2D eigenvalue weighted by molar-refractivity contribution is 9.10. The average Bonchev–Trinajstić information content (AvgIpc) is 2.42. The predicted molar refractivity (Wildman–Crippen MR) is 77.1 cm³/mol. The zero-order valence-electron chi connectivity index (χ0n) is 10.7. The van der Waals surface area contributed by atoms with Crippen LogP contribution in [0.4, 0.5) is 10.1 Å². The number of nitrogens with two attached hydrogens (primary N) is 1. The first-order chi connectivity index (χ1) is 9.37. The lowest BCUT2D eigenvalue weighted by Crippen LogP contribution is -2.45. The molecule has 3 N–H and O–H groups in total. The molecule has 1 fully saturated rings. The minimum atomic E-state index is -4.00. The van der Waals surface area contributed by atoms with E-state index in [4.69, 9.17) is 5.73 Å². The van der Waals surface area contributed by atoms with Crippen LogP contribution in [0.25, 0.3) is 0 Å². The predicted octanol–water partition coefficient (Wildman–Crippen LogP) is 1.71. The number of anilines is 1. The first kappa shape index (κ1) is 15.7. The Hall–Kier alpha value is -0.700. The van der Waals surface area contributed by atoms with Crippen molar-refractivity contribution in [2.24, 2.45) is 0 Å². The number of piperidine rings is 1. The fourth-order valence-electron chi connectivity index (χ4n) is 2.34. The maximum atomic E-state index is 14.0. The molecule has 1 aromatic rings. The Bertz CT molecular complexity index is 609. The number of rotatable bonds is 3. The van der Waals surface area contributed by atoms with E-state index < -0.39 is 26.8 Å². The second-order valence-electron chi connectivity index (χ2n) is 4.75. The zero-order chi connectivity index (χ0) is 14.9. The third-order valence-electron chi connectivity index (χ3n) is 3.42. The molecule has 1 saturated heterocycles. The fraction of sp³-hybridized carbons (Fsp3) is 0.500. The van der Waals surface area contributed by atoms with Crippen LogP contribution in [0.5, 0.6) is 0 Å². The van der Waals surface area contributed by atoms with Crippen LogP contribution in [0.15, 0.2) is 21.5 Å². The molecule has 1 atom stereocenters. The highest BCUT2D eigenvalue weighted by Crippen LogP contribution is 2.31. The van der Waals surface area contributed by atoms with E-state index in [1.165, 1.54) is 4.31 Å². The van der Waals surface area contributed by atoms with Gasteiger partial charge in [0, 0.05) is 22.7 Å². The summed E-state index contributed by atoms with van der Waals surface area (Å²) in [7, 11) is -4.00. The minimum Gasteiger partial charge on any atom is -0.398 e. The Labute approximate surface area is 125 Å². The highest BCUT2D eigenvalue weighted by atomic mass is 79.9. The lowest BCUT2D eigenvalue weighted by molar-refractivity contribution is 0.155. The number of benzene rings is 1. The van der Waals surface area contributed by atoms with E-state index in [9.17, 15) is 17.9 Å². The number of hydrogen-bond donors (Lipinski definition) is 2. The molecule has 0 bridgehead atoms. The number of nitrogens with zero attached hydrogens (tertiary/aromatic N) is 1. The molecule has 112 valence electrons. The van der Waals surface area contributed by atoms with Crippen molar-refractivity contribution in [3.05, 3.63) is 22.4 Å². The van der Waals surface area contributed by atoms with E-state index in [0.29, 0.717) is 17.3 Å². The van der Waals surface area contributed by atoms with Crippen molar-refractivity contribution >= 4 is 31.6 Å². The lowest BCUT2D eigenvalue weighted by Gasteiger charge is -2.33. The Balaban J connectivity index is 2.46. The van der Waals surface area contributed by atoms with Crippen LogP contribution in [0, 0.1) is 5.82 Å². The summed E-state index contributed by atoms with van der Waals surface area (Å²) in [5, 5.41) is 9.31. The number of aliphatic hydroxyl groups excluding tert-OH is 1. The first-order valence-electron chi connectivity index (χ1n) is 6.25. The van der Waals surface area contributed by atoms with E-state index in [-0.39, 0.29) is 18.8 Å². The molecule has 2 rings (SSSR count). The molecule has 1 aliphatic rings. The minimum absolute atomic E-state index is 0.155. The summed E-state index contributed by atoms with van der Waals surface area (Å²) >= 11 is 3.06. The second kappa shape index (κ2) is 5.97. The van der Waals surface area contributed by atoms with Gasteiger partial charge in [-0.3, -0.25) is 0 Å². The second-order valence-corrected chi connectivity index (χ2v) is 7.47. The van der Waals surface area contributed by atoms with Crippen LogP contribution >= 0.6 is 15.9 Å². The highest BCUT2D eigenvalue weighted by Gasteiger charge is 2.35. The summed E-state index contributed by atoms with van der Waals surface area (Å²) in [6, 6.07) is 1.65. The molecule has 0 radical (unpaired) electrons. The maximum Gasteiger partial charge on any atom is 0.246 e. The van der Waals surface area contributed by atoms with Gasteiger partial charge in [0.2, 0.25) is 10.0 Å². The molecule has 20 heavy (non-hydrogen) atoms. The van der Waals surface area contributed by atoms with Gasteiger partial charge in [0.15, 0.2) is 0 Å². The summed E-state index contributed by atoms with van der Waals surface area (Å²) < 4.78 is 40.5. The average molecular weight is 367 g/mol. The number of hydrogen-bond acceptors (Lipinski definition) is 4. The molecule has 1 aliphatic heterocycles. The molecule has 1 aromatic carbocycles. The number of aliphatic hydroxyl groups is 1. The molecule has 0 aromatic heterocycles. The summed E-state index contributed by atoms with van der Waals surface area (Å²) in [6.45, 7) is 0.00975. The van der Waals surface area contributed by atoms with Crippen LogP contribution < -0.4 is 5.73 Å². The quantitative estimate of drug-likeness (QED) is 0.797. The Morgan fingerprint density at radius 2 is 2.15 bits per heavy atom. The van der Waals surface area contributed by atoms with E-state index >= 15 is 0 Å². The van der Waals surface area contributed by atoms with Crippen LogP contribution in [-0.2, 0) is 10.0 Å². The standard InChI is InChI=1S/C12H16BrFN2O3S/c13-9-5-10(14)12(6-11(9)15)20(18,19)16-4-2-1-3-8(16)7-17/h5-6,8,17H,1-4,7,15H2. The molecule has 0 spiro atoms. The van der Waals surface area contributed by atoms with Gasteiger partial charge in [-0.2, -0.15) is 4.31 Å². The molecular formula is C12H16BrFN2O3S.